The van der Waals surface area contributed by atoms with Gasteiger partial charge >= 0.3 is 0 Å². The van der Waals surface area contributed by atoms with Gasteiger partial charge in [-0.25, -0.2) is 0 Å². The highest BCUT2D eigenvalue weighted by Gasteiger charge is 2.07. The maximum Gasteiger partial charge on any atom is 0.153 e. The van der Waals surface area contributed by atoms with Crippen LogP contribution in [-0.2, 0) is 0 Å². The molecule has 0 unspecified atom stereocenters. The van der Waals surface area contributed by atoms with Gasteiger partial charge in [-0.2, -0.15) is 0 Å². The number of aromatic nitrogens is 1. The number of aldehydes is 1. The Kier molecular flexibility index (Phi) is 2.38. The number of hydrogen-bond acceptors (Lipinski definition) is 2. The quantitative estimate of drug-likeness (QED) is 0.671. The number of aromatic amines is 1. The molecule has 3 heteroatoms. The Labute approximate surface area is 104 Å². The Morgan fingerprint density at radius 3 is 2.83 bits per heavy atom. The van der Waals surface area contributed by atoms with E-state index in [-0.39, 0.29) is 5.75 Å². The Bertz CT molecular complexity index is 728. The summed E-state index contributed by atoms with van der Waals surface area (Å²) < 4.78 is 0. The van der Waals surface area contributed by atoms with E-state index in [1.807, 2.05) is 36.5 Å². The van der Waals surface area contributed by atoms with E-state index in [9.17, 15) is 9.90 Å². The number of aromatic hydroxyl groups is 1. The molecule has 0 saturated heterocycles. The smallest absolute Gasteiger partial charge is 0.153 e. The van der Waals surface area contributed by atoms with E-state index in [4.69, 9.17) is 0 Å². The van der Waals surface area contributed by atoms with Crippen LogP contribution in [0.3, 0.4) is 0 Å². The fourth-order valence-electron chi connectivity index (χ4n) is 2.15. The van der Waals surface area contributed by atoms with Crippen molar-refractivity contribution in [1.29, 1.82) is 0 Å². The first-order chi connectivity index (χ1) is 8.79. The van der Waals surface area contributed by atoms with E-state index in [0.29, 0.717) is 11.8 Å². The molecule has 0 spiro atoms. The van der Waals surface area contributed by atoms with Crippen molar-refractivity contribution in [2.24, 2.45) is 0 Å². The Hall–Kier alpha value is -2.55. The first-order valence-corrected chi connectivity index (χ1v) is 5.64. The minimum Gasteiger partial charge on any atom is -0.507 e. The molecule has 1 heterocycles. The van der Waals surface area contributed by atoms with Crippen LogP contribution in [0.25, 0.3) is 22.0 Å². The van der Waals surface area contributed by atoms with Crippen molar-refractivity contribution in [2.75, 3.05) is 0 Å². The topological polar surface area (TPSA) is 53.1 Å². The van der Waals surface area contributed by atoms with Crippen molar-refractivity contribution in [1.82, 2.24) is 4.98 Å². The second-order valence-corrected chi connectivity index (χ2v) is 4.14. The van der Waals surface area contributed by atoms with Crippen LogP contribution in [0.15, 0.2) is 48.7 Å². The highest BCUT2D eigenvalue weighted by molar-refractivity contribution is 5.96. The highest BCUT2D eigenvalue weighted by Crippen LogP contribution is 2.30. The molecular weight excluding hydrogens is 226 g/mol. The second kappa shape index (κ2) is 4.04. The molecule has 0 fully saturated rings. The van der Waals surface area contributed by atoms with Gasteiger partial charge in [0.1, 0.15) is 5.75 Å². The number of nitrogens with one attached hydrogen (secondary N) is 1. The van der Waals surface area contributed by atoms with Crippen molar-refractivity contribution in [3.8, 4) is 16.9 Å². The van der Waals surface area contributed by atoms with Gasteiger partial charge in [0.25, 0.3) is 0 Å². The first-order valence-electron chi connectivity index (χ1n) is 5.64. The fraction of sp³-hybridized carbons (Fsp3) is 0. The molecule has 0 aliphatic carbocycles. The Balaban J connectivity index is 2.26. The first kappa shape index (κ1) is 10.6. The van der Waals surface area contributed by atoms with Crippen LogP contribution in [0.5, 0.6) is 5.75 Å². The Morgan fingerprint density at radius 2 is 2.00 bits per heavy atom. The lowest BCUT2D eigenvalue weighted by Gasteiger charge is -2.05. The van der Waals surface area contributed by atoms with E-state index < -0.39 is 0 Å². The van der Waals surface area contributed by atoms with Crippen molar-refractivity contribution in [3.63, 3.8) is 0 Å². The summed E-state index contributed by atoms with van der Waals surface area (Å²) >= 11 is 0. The third kappa shape index (κ3) is 1.57. The molecule has 0 radical (unpaired) electrons. The molecule has 2 aromatic carbocycles. The minimum atomic E-state index is 0.00925. The molecule has 3 rings (SSSR count). The summed E-state index contributed by atoms with van der Waals surface area (Å²) in [6, 6.07) is 13.0. The largest absolute Gasteiger partial charge is 0.507 e. The Morgan fingerprint density at radius 1 is 1.11 bits per heavy atom. The molecule has 0 atom stereocenters. The number of phenolic OH excluding ortho intramolecular Hbond substituents is 1. The maximum atomic E-state index is 10.9. The van der Waals surface area contributed by atoms with Gasteiger partial charge in [-0.3, -0.25) is 4.79 Å². The van der Waals surface area contributed by atoms with Crippen LogP contribution in [0.1, 0.15) is 10.4 Å². The summed E-state index contributed by atoms with van der Waals surface area (Å²) in [6.07, 6.45) is 2.55. The zero-order valence-corrected chi connectivity index (χ0v) is 9.55. The van der Waals surface area contributed by atoms with Crippen LogP contribution in [0.2, 0.25) is 0 Å². The SMILES string of the molecule is O=Cc1cc(-c2cccc3[nH]ccc23)ccc1O. The lowest BCUT2D eigenvalue weighted by molar-refractivity contribution is 0.112. The average molecular weight is 237 g/mol. The molecule has 0 aliphatic heterocycles. The number of hydrogen-bond donors (Lipinski definition) is 2. The number of H-pyrrole nitrogens is 1. The number of carbonyl (C=O) groups is 1. The lowest BCUT2D eigenvalue weighted by atomic mass is 10.00. The monoisotopic (exact) mass is 237 g/mol. The number of carbonyl (C=O) groups excluding carboxylic acids is 1. The number of rotatable bonds is 2. The maximum absolute atomic E-state index is 10.9. The molecule has 3 nitrogen and oxygen atoms in total. The number of phenols is 1. The standard InChI is InChI=1S/C15H11NO2/c17-9-11-8-10(4-5-15(11)18)12-2-1-3-14-13(12)6-7-16-14/h1-9,16,18H. The summed E-state index contributed by atoms with van der Waals surface area (Å²) in [5.74, 6) is 0.00925. The fourth-order valence-corrected chi connectivity index (χ4v) is 2.15. The van der Waals surface area contributed by atoms with Crippen LogP contribution in [-0.4, -0.2) is 16.4 Å². The predicted molar refractivity (Wildman–Crippen MR) is 70.8 cm³/mol. The molecule has 0 saturated carbocycles. The number of fused-ring (bicyclic) bond motifs is 1. The molecule has 1 aromatic heterocycles. The van der Waals surface area contributed by atoms with E-state index in [2.05, 4.69) is 4.98 Å². The average Bonchev–Trinajstić information content (AvgIpc) is 2.87. The van der Waals surface area contributed by atoms with Gasteiger partial charge < -0.3 is 10.1 Å². The minimum absolute atomic E-state index is 0.00925. The van der Waals surface area contributed by atoms with Crippen molar-refractivity contribution < 1.29 is 9.90 Å². The third-order valence-corrected chi connectivity index (χ3v) is 3.06. The molecule has 0 amide bonds. The van der Waals surface area contributed by atoms with Crippen molar-refractivity contribution in [3.05, 3.63) is 54.2 Å². The van der Waals surface area contributed by atoms with Gasteiger partial charge in [-0.1, -0.05) is 18.2 Å². The van der Waals surface area contributed by atoms with Crippen molar-refractivity contribution in [2.45, 2.75) is 0 Å². The lowest BCUT2D eigenvalue weighted by Crippen LogP contribution is -1.85. The summed E-state index contributed by atoms with van der Waals surface area (Å²) in [4.78, 5) is 14.0. The highest BCUT2D eigenvalue weighted by atomic mass is 16.3. The van der Waals surface area contributed by atoms with E-state index in [1.165, 1.54) is 0 Å². The van der Waals surface area contributed by atoms with E-state index in [0.717, 1.165) is 22.0 Å². The van der Waals surface area contributed by atoms with Gasteiger partial charge in [0.15, 0.2) is 6.29 Å². The van der Waals surface area contributed by atoms with Crippen LogP contribution >= 0.6 is 0 Å². The molecule has 0 bridgehead atoms. The van der Waals surface area contributed by atoms with Gasteiger partial charge in [0, 0.05) is 17.1 Å². The van der Waals surface area contributed by atoms with Crippen LogP contribution in [0, 0.1) is 0 Å². The van der Waals surface area contributed by atoms with E-state index >= 15 is 0 Å². The van der Waals surface area contributed by atoms with Gasteiger partial charge in [0.05, 0.1) is 5.56 Å². The normalized spacial score (nSPS) is 10.7. The second-order valence-electron chi connectivity index (χ2n) is 4.14. The van der Waals surface area contributed by atoms with Crippen LogP contribution in [0.4, 0.5) is 0 Å². The van der Waals surface area contributed by atoms with E-state index in [1.54, 1.807) is 12.1 Å². The predicted octanol–water partition coefficient (Wildman–Crippen LogP) is 3.35. The van der Waals surface area contributed by atoms with Crippen LogP contribution < -0.4 is 0 Å². The zero-order chi connectivity index (χ0) is 12.5. The van der Waals surface area contributed by atoms with Crippen molar-refractivity contribution >= 4 is 17.2 Å². The summed E-state index contributed by atoms with van der Waals surface area (Å²) in [7, 11) is 0. The number of benzene rings is 2. The molecule has 0 aliphatic rings. The summed E-state index contributed by atoms with van der Waals surface area (Å²) in [6.45, 7) is 0. The molecular formula is C15H11NO2. The summed E-state index contributed by atoms with van der Waals surface area (Å²) in [5, 5.41) is 10.6. The van der Waals surface area contributed by atoms with Gasteiger partial charge in [-0.15, -0.1) is 0 Å². The molecule has 3 aromatic rings. The summed E-state index contributed by atoms with van der Waals surface area (Å²) in [5.41, 5.74) is 3.31. The zero-order valence-electron chi connectivity index (χ0n) is 9.55. The molecule has 88 valence electrons. The van der Waals surface area contributed by atoms with Gasteiger partial charge in [-0.05, 0) is 35.4 Å². The molecule has 2 N–H and O–H groups in total. The van der Waals surface area contributed by atoms with Gasteiger partial charge in [0.2, 0.25) is 0 Å². The third-order valence-electron chi connectivity index (χ3n) is 3.06. The molecule has 18 heavy (non-hydrogen) atoms.